The molecule has 1 fully saturated rings. The van der Waals surface area contributed by atoms with E-state index in [1.165, 1.54) is 0 Å². The van der Waals surface area contributed by atoms with Crippen LogP contribution in [0.2, 0.25) is 0 Å². The van der Waals surface area contributed by atoms with E-state index in [1.54, 1.807) is 44.4 Å². The second-order valence-electron chi connectivity index (χ2n) is 9.45. The summed E-state index contributed by atoms with van der Waals surface area (Å²) in [4.78, 5) is 6.57. The number of hydrogen-bond acceptors (Lipinski definition) is 6. The highest BCUT2D eigenvalue weighted by Gasteiger charge is 2.19. The molecular formula is C27H33N5O2. The quantitative estimate of drug-likeness (QED) is 0.562. The molecule has 1 aromatic carbocycles. The molecule has 7 nitrogen and oxygen atoms in total. The summed E-state index contributed by atoms with van der Waals surface area (Å²) in [5.41, 5.74) is 8.22. The Hall–Kier alpha value is -3.34. The molecule has 3 heterocycles. The van der Waals surface area contributed by atoms with E-state index in [-0.39, 0.29) is 11.6 Å². The van der Waals surface area contributed by atoms with E-state index < -0.39 is 12.2 Å². The van der Waals surface area contributed by atoms with Crippen molar-refractivity contribution < 1.29 is 12.6 Å². The van der Waals surface area contributed by atoms with Gasteiger partial charge in [-0.05, 0) is 83.1 Å². The molecule has 1 aliphatic rings. The number of hydrogen-bond donors (Lipinski definition) is 2. The van der Waals surface area contributed by atoms with Crippen LogP contribution in [0.5, 0.6) is 5.75 Å². The van der Waals surface area contributed by atoms with Crippen LogP contribution in [0.15, 0.2) is 42.9 Å². The number of aliphatic hydroxyl groups is 1. The fourth-order valence-corrected chi connectivity index (χ4v) is 3.89. The number of rotatable bonds is 5. The lowest BCUT2D eigenvalue weighted by atomic mass is 10.1. The van der Waals surface area contributed by atoms with Crippen LogP contribution in [-0.4, -0.2) is 50.5 Å². The van der Waals surface area contributed by atoms with Crippen LogP contribution in [0, 0.1) is 18.8 Å². The largest absolute Gasteiger partial charge is 0.485 e. The molecule has 1 aliphatic heterocycles. The van der Waals surface area contributed by atoms with Gasteiger partial charge in [0, 0.05) is 29.1 Å². The van der Waals surface area contributed by atoms with Gasteiger partial charge < -0.3 is 20.5 Å². The molecule has 0 saturated carbocycles. The SMILES string of the molecule is [2H]C([2H])(Oc1cc(-c2cnn(C3CCN(C)CC3)c2)cnc1N)c1cc(C)cc(C#CC(C)(C)O)c1. The monoisotopic (exact) mass is 461 g/mol. The van der Waals surface area contributed by atoms with Gasteiger partial charge >= 0.3 is 0 Å². The number of pyridine rings is 1. The molecule has 2 aromatic heterocycles. The third-order valence-corrected chi connectivity index (χ3v) is 5.75. The Labute approximate surface area is 204 Å². The predicted molar refractivity (Wildman–Crippen MR) is 134 cm³/mol. The van der Waals surface area contributed by atoms with Gasteiger partial charge in [0.05, 0.1) is 15.0 Å². The highest BCUT2D eigenvalue weighted by molar-refractivity contribution is 5.65. The maximum absolute atomic E-state index is 9.91. The smallest absolute Gasteiger partial charge is 0.166 e. The van der Waals surface area contributed by atoms with E-state index in [9.17, 15) is 5.11 Å². The molecule has 3 aromatic rings. The number of ether oxygens (including phenoxy) is 1. The summed E-state index contributed by atoms with van der Waals surface area (Å²) in [5.74, 6) is 5.91. The molecule has 4 rings (SSSR count). The number of benzene rings is 1. The second kappa shape index (κ2) is 9.88. The molecule has 7 heteroatoms. The lowest BCUT2D eigenvalue weighted by molar-refractivity contribution is 0.143. The molecule has 0 atom stereocenters. The van der Waals surface area contributed by atoms with Crippen LogP contribution in [0.1, 0.15) is 52.2 Å². The van der Waals surface area contributed by atoms with Gasteiger partial charge in [-0.25, -0.2) is 4.98 Å². The van der Waals surface area contributed by atoms with E-state index in [0.717, 1.165) is 42.6 Å². The van der Waals surface area contributed by atoms with Crippen molar-refractivity contribution >= 4 is 5.82 Å². The molecule has 0 unspecified atom stereocenters. The van der Waals surface area contributed by atoms with E-state index in [4.69, 9.17) is 13.2 Å². The minimum Gasteiger partial charge on any atom is -0.485 e. The maximum atomic E-state index is 9.91. The minimum atomic E-state index is -2.19. The van der Waals surface area contributed by atoms with E-state index >= 15 is 0 Å². The number of aryl methyl sites for hydroxylation is 1. The molecule has 178 valence electrons. The summed E-state index contributed by atoms with van der Waals surface area (Å²) < 4.78 is 25.0. The lowest BCUT2D eigenvalue weighted by Crippen LogP contribution is -2.31. The first-order chi connectivity index (χ1) is 16.9. The molecule has 0 bridgehead atoms. The highest BCUT2D eigenvalue weighted by Crippen LogP contribution is 2.29. The van der Waals surface area contributed by atoms with Crippen molar-refractivity contribution in [2.24, 2.45) is 0 Å². The Bertz CT molecular complexity index is 1300. The van der Waals surface area contributed by atoms with Crippen LogP contribution < -0.4 is 10.5 Å². The Morgan fingerprint density at radius 1 is 1.21 bits per heavy atom. The van der Waals surface area contributed by atoms with Gasteiger partial charge in [-0.15, -0.1) is 0 Å². The first-order valence-corrected chi connectivity index (χ1v) is 11.4. The number of nitrogens with two attached hydrogens (primary N) is 1. The molecule has 0 radical (unpaired) electrons. The zero-order chi connectivity index (χ0) is 26.1. The first-order valence-electron chi connectivity index (χ1n) is 12.4. The van der Waals surface area contributed by atoms with E-state index in [1.807, 2.05) is 23.9 Å². The number of aromatic nitrogens is 3. The number of nitrogens with zero attached hydrogens (tertiary/aromatic N) is 4. The summed E-state index contributed by atoms with van der Waals surface area (Å²) in [7, 11) is 2.13. The average molecular weight is 462 g/mol. The van der Waals surface area contributed by atoms with Crippen LogP contribution >= 0.6 is 0 Å². The van der Waals surface area contributed by atoms with Crippen molar-refractivity contribution in [3.05, 3.63) is 59.5 Å². The van der Waals surface area contributed by atoms with Gasteiger partial charge in [-0.2, -0.15) is 5.10 Å². The third kappa shape index (κ3) is 6.16. The summed E-state index contributed by atoms with van der Waals surface area (Å²) in [6.45, 7) is 4.94. The van der Waals surface area contributed by atoms with Crippen molar-refractivity contribution in [2.75, 3.05) is 25.9 Å². The van der Waals surface area contributed by atoms with Gasteiger partial charge in [0.15, 0.2) is 11.6 Å². The number of nitrogen functional groups attached to an aromatic ring is 1. The van der Waals surface area contributed by atoms with Crippen molar-refractivity contribution in [2.45, 2.75) is 51.8 Å². The van der Waals surface area contributed by atoms with Crippen molar-refractivity contribution in [3.63, 3.8) is 0 Å². The van der Waals surface area contributed by atoms with Gasteiger partial charge in [-0.1, -0.05) is 17.9 Å². The molecular weight excluding hydrogens is 426 g/mol. The zero-order valence-electron chi connectivity index (χ0n) is 22.2. The molecule has 0 spiro atoms. The molecule has 1 saturated heterocycles. The first kappa shape index (κ1) is 21.2. The molecule has 3 N–H and O–H groups in total. The topological polar surface area (TPSA) is 89.4 Å². The Balaban J connectivity index is 1.58. The second-order valence-corrected chi connectivity index (χ2v) is 9.45. The van der Waals surface area contributed by atoms with Crippen molar-refractivity contribution in [1.29, 1.82) is 0 Å². The van der Waals surface area contributed by atoms with Crippen LogP contribution in [0.25, 0.3) is 11.1 Å². The van der Waals surface area contributed by atoms with Crippen molar-refractivity contribution in [1.82, 2.24) is 19.7 Å². The average Bonchev–Trinajstić information content (AvgIpc) is 3.29. The predicted octanol–water partition coefficient (Wildman–Crippen LogP) is 3.80. The normalized spacial score (nSPS) is 16.4. The highest BCUT2D eigenvalue weighted by atomic mass is 16.5. The minimum absolute atomic E-state index is 0.0973. The van der Waals surface area contributed by atoms with Gasteiger partial charge in [0.1, 0.15) is 12.2 Å². The van der Waals surface area contributed by atoms with E-state index in [2.05, 4.69) is 33.9 Å². The maximum Gasteiger partial charge on any atom is 0.166 e. The van der Waals surface area contributed by atoms with Crippen LogP contribution in [0.3, 0.4) is 0 Å². The molecule has 0 aliphatic carbocycles. The fourth-order valence-electron chi connectivity index (χ4n) is 3.89. The standard InChI is InChI=1S/C27H33N5O2/c1-19-11-20(5-8-27(2,3)33)13-21(12-19)18-34-25-14-22(15-29-26(25)28)23-16-30-32(17-23)24-6-9-31(4)10-7-24/h11-17,24,33H,6-7,9-10,18H2,1-4H3,(H2,28,29)/i18D2. The summed E-state index contributed by atoms with van der Waals surface area (Å²) in [6, 6.07) is 7.20. The Morgan fingerprint density at radius 3 is 2.71 bits per heavy atom. The van der Waals surface area contributed by atoms with Crippen LogP contribution in [0.4, 0.5) is 5.82 Å². The van der Waals surface area contributed by atoms with Crippen molar-refractivity contribution in [3.8, 4) is 28.7 Å². The fraction of sp³-hybridized carbons (Fsp3) is 0.407. The molecule has 34 heavy (non-hydrogen) atoms. The summed E-state index contributed by atoms with van der Waals surface area (Å²) >= 11 is 0. The Kier molecular flexibility index (Phi) is 6.16. The Morgan fingerprint density at radius 2 is 1.97 bits per heavy atom. The van der Waals surface area contributed by atoms with Gasteiger partial charge in [0.2, 0.25) is 0 Å². The number of likely N-dealkylation sites (tertiary alicyclic amines) is 1. The van der Waals surface area contributed by atoms with Gasteiger partial charge in [-0.3, -0.25) is 4.68 Å². The van der Waals surface area contributed by atoms with E-state index in [0.29, 0.717) is 17.2 Å². The lowest BCUT2D eigenvalue weighted by Gasteiger charge is -2.28. The van der Waals surface area contributed by atoms with Gasteiger partial charge in [0.25, 0.3) is 0 Å². The summed E-state index contributed by atoms with van der Waals surface area (Å²) in [5, 5.41) is 14.5. The molecule has 0 amide bonds. The number of piperidine rings is 1. The third-order valence-electron chi connectivity index (χ3n) is 5.75. The summed E-state index contributed by atoms with van der Waals surface area (Å²) in [6.07, 6.45) is 7.52. The zero-order valence-corrected chi connectivity index (χ0v) is 20.2. The number of anilines is 1. The van der Waals surface area contributed by atoms with Crippen LogP contribution in [-0.2, 0) is 6.56 Å².